The first-order chi connectivity index (χ1) is 5.36. The van der Waals surface area contributed by atoms with Gasteiger partial charge in [-0.2, -0.15) is 0 Å². The predicted octanol–water partition coefficient (Wildman–Crippen LogP) is 1.48. The molecule has 1 aliphatic rings. The maximum absolute atomic E-state index is 3.92. The van der Waals surface area contributed by atoms with Crippen LogP contribution in [0.4, 0.5) is 5.82 Å². The molecule has 1 heterocycles. The van der Waals surface area contributed by atoms with Crippen LogP contribution in [0.25, 0.3) is 0 Å². The predicted molar refractivity (Wildman–Crippen MR) is 44.3 cm³/mol. The van der Waals surface area contributed by atoms with Crippen molar-refractivity contribution in [1.29, 1.82) is 0 Å². The first kappa shape index (κ1) is 6.70. The van der Waals surface area contributed by atoms with Gasteiger partial charge in [0.25, 0.3) is 0 Å². The molecule has 1 aromatic heterocycles. The van der Waals surface area contributed by atoms with Crippen molar-refractivity contribution in [3.8, 4) is 0 Å². The molecular formula is C8H13N3. The molecular weight excluding hydrogens is 138 g/mol. The molecule has 1 aliphatic carbocycles. The van der Waals surface area contributed by atoms with Crippen LogP contribution in [-0.4, -0.2) is 16.5 Å². The van der Waals surface area contributed by atoms with Gasteiger partial charge in [0.05, 0.1) is 12.5 Å². The van der Waals surface area contributed by atoms with E-state index in [1.807, 2.05) is 6.20 Å². The van der Waals surface area contributed by atoms with Crippen molar-refractivity contribution >= 4 is 5.82 Å². The SMILES string of the molecule is CC1CC1CNc1cnc[nH]1. The lowest BCUT2D eigenvalue weighted by molar-refractivity contribution is 0.785. The lowest BCUT2D eigenvalue weighted by Crippen LogP contribution is -2.04. The Morgan fingerprint density at radius 2 is 2.64 bits per heavy atom. The summed E-state index contributed by atoms with van der Waals surface area (Å²) in [5.41, 5.74) is 0. The van der Waals surface area contributed by atoms with E-state index in [2.05, 4.69) is 22.2 Å². The lowest BCUT2D eigenvalue weighted by atomic mass is 10.3. The van der Waals surface area contributed by atoms with E-state index in [0.29, 0.717) is 0 Å². The molecule has 0 bridgehead atoms. The van der Waals surface area contributed by atoms with Gasteiger partial charge in [-0.25, -0.2) is 4.98 Å². The summed E-state index contributed by atoms with van der Waals surface area (Å²) >= 11 is 0. The van der Waals surface area contributed by atoms with Gasteiger partial charge in [-0.05, 0) is 18.3 Å². The van der Waals surface area contributed by atoms with Crippen LogP contribution in [-0.2, 0) is 0 Å². The fourth-order valence-electron chi connectivity index (χ4n) is 1.28. The second kappa shape index (κ2) is 2.57. The summed E-state index contributed by atoms with van der Waals surface area (Å²) < 4.78 is 0. The second-order valence-corrected chi connectivity index (χ2v) is 3.32. The van der Waals surface area contributed by atoms with Gasteiger partial charge in [0.1, 0.15) is 5.82 Å². The standard InChI is InChI=1S/C8H13N3/c1-6-2-7(6)3-10-8-4-9-5-11-8/h4-7,10H,2-3H2,1H3,(H,9,11). The smallest absolute Gasteiger partial charge is 0.123 e. The summed E-state index contributed by atoms with van der Waals surface area (Å²) in [6.45, 7) is 3.38. The van der Waals surface area contributed by atoms with Crippen LogP contribution in [0.1, 0.15) is 13.3 Å². The minimum atomic E-state index is 0.887. The molecule has 2 rings (SSSR count). The zero-order chi connectivity index (χ0) is 7.68. The van der Waals surface area contributed by atoms with Gasteiger partial charge in [0.15, 0.2) is 0 Å². The van der Waals surface area contributed by atoms with Gasteiger partial charge in [-0.15, -0.1) is 0 Å². The number of rotatable bonds is 3. The van der Waals surface area contributed by atoms with Crippen molar-refractivity contribution in [2.24, 2.45) is 11.8 Å². The quantitative estimate of drug-likeness (QED) is 0.687. The Morgan fingerprint density at radius 1 is 1.82 bits per heavy atom. The number of aromatic nitrogens is 2. The largest absolute Gasteiger partial charge is 0.370 e. The van der Waals surface area contributed by atoms with Crippen LogP contribution in [0, 0.1) is 11.8 Å². The van der Waals surface area contributed by atoms with Crippen molar-refractivity contribution < 1.29 is 0 Å². The highest BCUT2D eigenvalue weighted by atomic mass is 15.0. The third-order valence-electron chi connectivity index (χ3n) is 2.33. The summed E-state index contributed by atoms with van der Waals surface area (Å²) in [6, 6.07) is 0. The Hall–Kier alpha value is -0.990. The minimum absolute atomic E-state index is 0.887. The number of H-pyrrole nitrogens is 1. The fourth-order valence-corrected chi connectivity index (χ4v) is 1.28. The molecule has 3 heteroatoms. The third-order valence-corrected chi connectivity index (χ3v) is 2.33. The maximum Gasteiger partial charge on any atom is 0.123 e. The van der Waals surface area contributed by atoms with Crippen molar-refractivity contribution in [2.45, 2.75) is 13.3 Å². The number of imidazole rings is 1. The summed E-state index contributed by atoms with van der Waals surface area (Å²) in [5, 5.41) is 3.30. The van der Waals surface area contributed by atoms with Gasteiger partial charge in [-0.1, -0.05) is 6.92 Å². The van der Waals surface area contributed by atoms with Crippen LogP contribution in [0.5, 0.6) is 0 Å². The van der Waals surface area contributed by atoms with Crippen LogP contribution < -0.4 is 5.32 Å². The Kier molecular flexibility index (Phi) is 1.56. The van der Waals surface area contributed by atoms with Crippen molar-refractivity contribution in [3.63, 3.8) is 0 Å². The van der Waals surface area contributed by atoms with E-state index < -0.39 is 0 Å². The van der Waals surface area contributed by atoms with E-state index in [0.717, 1.165) is 24.2 Å². The molecule has 2 unspecified atom stereocenters. The van der Waals surface area contributed by atoms with Gasteiger partial charge in [-0.3, -0.25) is 0 Å². The summed E-state index contributed by atoms with van der Waals surface area (Å²) in [4.78, 5) is 6.93. The Labute approximate surface area is 66.2 Å². The molecule has 0 aliphatic heterocycles. The molecule has 0 aromatic carbocycles. The lowest BCUT2D eigenvalue weighted by Gasteiger charge is -1.99. The highest BCUT2D eigenvalue weighted by molar-refractivity contribution is 5.30. The van der Waals surface area contributed by atoms with E-state index in [1.165, 1.54) is 6.42 Å². The van der Waals surface area contributed by atoms with Gasteiger partial charge in [0, 0.05) is 6.54 Å². The van der Waals surface area contributed by atoms with Crippen molar-refractivity contribution in [2.75, 3.05) is 11.9 Å². The highest BCUT2D eigenvalue weighted by Gasteiger charge is 2.31. The molecule has 60 valence electrons. The summed E-state index contributed by atoms with van der Waals surface area (Å²) in [5.74, 6) is 2.84. The molecule has 2 atom stereocenters. The molecule has 0 saturated heterocycles. The van der Waals surface area contributed by atoms with Gasteiger partial charge in [0.2, 0.25) is 0 Å². The van der Waals surface area contributed by atoms with Crippen LogP contribution in [0.2, 0.25) is 0 Å². The molecule has 1 saturated carbocycles. The van der Waals surface area contributed by atoms with Crippen LogP contribution in [0.15, 0.2) is 12.5 Å². The van der Waals surface area contributed by atoms with E-state index in [1.54, 1.807) is 6.33 Å². The molecule has 1 aromatic rings. The monoisotopic (exact) mass is 151 g/mol. The minimum Gasteiger partial charge on any atom is -0.370 e. The molecule has 0 amide bonds. The molecule has 11 heavy (non-hydrogen) atoms. The number of aromatic amines is 1. The topological polar surface area (TPSA) is 40.7 Å². The zero-order valence-electron chi connectivity index (χ0n) is 6.67. The first-order valence-corrected chi connectivity index (χ1v) is 4.08. The van der Waals surface area contributed by atoms with E-state index in [9.17, 15) is 0 Å². The Morgan fingerprint density at radius 3 is 3.18 bits per heavy atom. The average molecular weight is 151 g/mol. The van der Waals surface area contributed by atoms with Crippen molar-refractivity contribution in [3.05, 3.63) is 12.5 Å². The number of nitrogens with zero attached hydrogens (tertiary/aromatic N) is 1. The first-order valence-electron chi connectivity index (χ1n) is 4.08. The number of hydrogen-bond acceptors (Lipinski definition) is 2. The summed E-state index contributed by atoms with van der Waals surface area (Å²) in [6.07, 6.45) is 4.88. The Balaban J connectivity index is 1.75. The van der Waals surface area contributed by atoms with E-state index in [4.69, 9.17) is 0 Å². The molecule has 0 radical (unpaired) electrons. The Bertz CT molecular complexity index is 217. The van der Waals surface area contributed by atoms with E-state index >= 15 is 0 Å². The number of hydrogen-bond donors (Lipinski definition) is 2. The van der Waals surface area contributed by atoms with Gasteiger partial charge >= 0.3 is 0 Å². The molecule has 1 fully saturated rings. The van der Waals surface area contributed by atoms with Crippen LogP contribution in [0.3, 0.4) is 0 Å². The summed E-state index contributed by atoms with van der Waals surface area (Å²) in [7, 11) is 0. The zero-order valence-corrected chi connectivity index (χ0v) is 6.67. The number of nitrogens with one attached hydrogen (secondary N) is 2. The fraction of sp³-hybridized carbons (Fsp3) is 0.625. The highest BCUT2D eigenvalue weighted by Crippen LogP contribution is 2.37. The third kappa shape index (κ3) is 1.53. The van der Waals surface area contributed by atoms with E-state index in [-0.39, 0.29) is 0 Å². The molecule has 0 spiro atoms. The number of anilines is 1. The van der Waals surface area contributed by atoms with Gasteiger partial charge < -0.3 is 10.3 Å². The van der Waals surface area contributed by atoms with Crippen molar-refractivity contribution in [1.82, 2.24) is 9.97 Å². The molecule has 2 N–H and O–H groups in total. The second-order valence-electron chi connectivity index (χ2n) is 3.32. The average Bonchev–Trinajstić information content (AvgIpc) is 2.55. The maximum atomic E-state index is 3.92. The normalized spacial score (nSPS) is 28.5. The van der Waals surface area contributed by atoms with Crippen LogP contribution >= 0.6 is 0 Å². The molecule has 3 nitrogen and oxygen atoms in total.